The first-order valence-corrected chi connectivity index (χ1v) is 9.35. The maximum atomic E-state index is 13.2. The van der Waals surface area contributed by atoms with Crippen molar-refractivity contribution in [3.05, 3.63) is 65.2 Å². The van der Waals surface area contributed by atoms with E-state index in [1.54, 1.807) is 0 Å². The lowest BCUT2D eigenvalue weighted by molar-refractivity contribution is 0.0729. The van der Waals surface area contributed by atoms with Gasteiger partial charge in [-0.05, 0) is 49.9 Å². The van der Waals surface area contributed by atoms with Crippen molar-refractivity contribution in [2.45, 2.75) is 25.8 Å². The van der Waals surface area contributed by atoms with E-state index in [4.69, 9.17) is 16.6 Å². The standard InChI is InChI=1S/C22H21ClN2O/c1-14(15-7-8-15)25(2)22(26)19-13-21(16-9-11-17(23)12-10-16)24-20-6-4-3-5-18(19)20/h3-6,9-15H,7-8H2,1-2H3. The molecule has 3 nitrogen and oxygen atoms in total. The van der Waals surface area contributed by atoms with Gasteiger partial charge in [0.2, 0.25) is 0 Å². The molecule has 1 aromatic heterocycles. The van der Waals surface area contributed by atoms with Crippen LogP contribution >= 0.6 is 11.6 Å². The smallest absolute Gasteiger partial charge is 0.254 e. The summed E-state index contributed by atoms with van der Waals surface area (Å²) in [6.07, 6.45) is 2.43. The molecule has 0 aliphatic heterocycles. The summed E-state index contributed by atoms with van der Waals surface area (Å²) in [5.41, 5.74) is 3.27. The van der Waals surface area contributed by atoms with Gasteiger partial charge in [-0.15, -0.1) is 0 Å². The summed E-state index contributed by atoms with van der Waals surface area (Å²) >= 11 is 6.01. The molecule has 1 amide bonds. The average Bonchev–Trinajstić information content (AvgIpc) is 3.51. The predicted molar refractivity (Wildman–Crippen MR) is 106 cm³/mol. The predicted octanol–water partition coefficient (Wildman–Crippen LogP) is 5.43. The largest absolute Gasteiger partial charge is 0.339 e. The fraction of sp³-hybridized carbons (Fsp3) is 0.273. The highest BCUT2D eigenvalue weighted by Crippen LogP contribution is 2.35. The van der Waals surface area contributed by atoms with Crippen LogP contribution in [-0.2, 0) is 0 Å². The van der Waals surface area contributed by atoms with E-state index >= 15 is 0 Å². The third-order valence-corrected chi connectivity index (χ3v) is 5.57. The Morgan fingerprint density at radius 3 is 2.54 bits per heavy atom. The molecular formula is C22H21ClN2O. The zero-order chi connectivity index (χ0) is 18.3. The second-order valence-electron chi connectivity index (χ2n) is 7.07. The first kappa shape index (κ1) is 17.0. The van der Waals surface area contributed by atoms with Crippen LogP contribution in [0, 0.1) is 5.92 Å². The van der Waals surface area contributed by atoms with Crippen molar-refractivity contribution in [1.82, 2.24) is 9.88 Å². The number of hydrogen-bond acceptors (Lipinski definition) is 2. The van der Waals surface area contributed by atoms with Crippen LogP contribution in [0.2, 0.25) is 5.02 Å². The fourth-order valence-electron chi connectivity index (χ4n) is 3.39. The number of aromatic nitrogens is 1. The lowest BCUT2D eigenvalue weighted by atomic mass is 10.0. The number of halogens is 1. The number of pyridine rings is 1. The van der Waals surface area contributed by atoms with Gasteiger partial charge in [0, 0.05) is 29.1 Å². The first-order valence-electron chi connectivity index (χ1n) is 8.97. The number of carbonyl (C=O) groups excluding carboxylic acids is 1. The second-order valence-corrected chi connectivity index (χ2v) is 7.51. The van der Waals surface area contributed by atoms with E-state index in [-0.39, 0.29) is 11.9 Å². The van der Waals surface area contributed by atoms with Gasteiger partial charge in [0.15, 0.2) is 0 Å². The number of amides is 1. The summed E-state index contributed by atoms with van der Waals surface area (Å²) in [6.45, 7) is 2.14. The Hall–Kier alpha value is -2.39. The minimum atomic E-state index is 0.0539. The van der Waals surface area contributed by atoms with Gasteiger partial charge in [-0.2, -0.15) is 0 Å². The van der Waals surface area contributed by atoms with Gasteiger partial charge in [0.1, 0.15) is 0 Å². The summed E-state index contributed by atoms with van der Waals surface area (Å²) < 4.78 is 0. The van der Waals surface area contributed by atoms with Crippen LogP contribution in [0.3, 0.4) is 0 Å². The van der Waals surface area contributed by atoms with E-state index in [1.807, 2.05) is 66.5 Å². The highest BCUT2D eigenvalue weighted by atomic mass is 35.5. The van der Waals surface area contributed by atoms with Crippen molar-refractivity contribution in [3.63, 3.8) is 0 Å². The molecule has 132 valence electrons. The maximum absolute atomic E-state index is 13.2. The summed E-state index contributed by atoms with van der Waals surface area (Å²) in [5, 5.41) is 1.58. The molecule has 1 saturated carbocycles. The van der Waals surface area contributed by atoms with Gasteiger partial charge in [0.25, 0.3) is 5.91 Å². The number of nitrogens with zero attached hydrogens (tertiary/aromatic N) is 2. The Labute approximate surface area is 158 Å². The summed E-state index contributed by atoms with van der Waals surface area (Å²) in [4.78, 5) is 19.9. The molecule has 1 fully saturated rings. The van der Waals surface area contributed by atoms with Crippen LogP contribution in [0.25, 0.3) is 22.2 Å². The van der Waals surface area contributed by atoms with E-state index in [2.05, 4.69) is 6.92 Å². The first-order chi connectivity index (χ1) is 12.5. The number of carbonyl (C=O) groups is 1. The number of benzene rings is 2. The summed E-state index contributed by atoms with van der Waals surface area (Å²) in [5.74, 6) is 0.686. The van der Waals surface area contributed by atoms with Gasteiger partial charge < -0.3 is 4.90 Å². The Balaban J connectivity index is 1.81. The molecule has 3 aromatic rings. The molecule has 0 radical (unpaired) electrons. The zero-order valence-corrected chi connectivity index (χ0v) is 15.7. The highest BCUT2D eigenvalue weighted by molar-refractivity contribution is 6.30. The van der Waals surface area contributed by atoms with Gasteiger partial charge in [-0.3, -0.25) is 4.79 Å². The average molecular weight is 365 g/mol. The zero-order valence-electron chi connectivity index (χ0n) is 14.9. The number of para-hydroxylation sites is 1. The lowest BCUT2D eigenvalue weighted by Gasteiger charge is -2.25. The van der Waals surface area contributed by atoms with Gasteiger partial charge in [-0.1, -0.05) is 41.9 Å². The molecule has 0 saturated heterocycles. The van der Waals surface area contributed by atoms with Crippen molar-refractivity contribution in [2.24, 2.45) is 5.92 Å². The Morgan fingerprint density at radius 2 is 1.85 bits per heavy atom. The van der Waals surface area contributed by atoms with E-state index < -0.39 is 0 Å². The molecule has 0 bridgehead atoms. The SMILES string of the molecule is CC(C1CC1)N(C)C(=O)c1cc(-c2ccc(Cl)cc2)nc2ccccc12. The van der Waals surface area contributed by atoms with Crippen LogP contribution in [-0.4, -0.2) is 28.9 Å². The van der Waals surface area contributed by atoms with Crippen LogP contribution in [0.5, 0.6) is 0 Å². The van der Waals surface area contributed by atoms with E-state index in [1.165, 1.54) is 12.8 Å². The molecule has 0 spiro atoms. The molecule has 4 rings (SSSR count). The van der Waals surface area contributed by atoms with Crippen molar-refractivity contribution < 1.29 is 4.79 Å². The van der Waals surface area contributed by atoms with Gasteiger partial charge in [0.05, 0.1) is 16.8 Å². The number of rotatable bonds is 4. The Morgan fingerprint density at radius 1 is 1.15 bits per heavy atom. The molecule has 26 heavy (non-hydrogen) atoms. The van der Waals surface area contributed by atoms with Crippen LogP contribution < -0.4 is 0 Å². The molecule has 0 N–H and O–H groups in total. The third kappa shape index (κ3) is 3.19. The maximum Gasteiger partial charge on any atom is 0.254 e. The Bertz CT molecular complexity index is 964. The molecule has 4 heteroatoms. The van der Waals surface area contributed by atoms with Crippen LogP contribution in [0.1, 0.15) is 30.1 Å². The molecule has 1 heterocycles. The van der Waals surface area contributed by atoms with Crippen LogP contribution in [0.4, 0.5) is 0 Å². The molecule has 1 aliphatic carbocycles. The summed E-state index contributed by atoms with van der Waals surface area (Å²) in [7, 11) is 1.91. The fourth-order valence-corrected chi connectivity index (χ4v) is 3.52. The highest BCUT2D eigenvalue weighted by Gasteiger charge is 2.33. The Kier molecular flexibility index (Phi) is 4.41. The quantitative estimate of drug-likeness (QED) is 0.618. The van der Waals surface area contributed by atoms with Crippen molar-refractivity contribution in [3.8, 4) is 11.3 Å². The lowest BCUT2D eigenvalue weighted by Crippen LogP contribution is -2.36. The van der Waals surface area contributed by atoms with Crippen molar-refractivity contribution in [2.75, 3.05) is 7.05 Å². The topological polar surface area (TPSA) is 33.2 Å². The third-order valence-electron chi connectivity index (χ3n) is 5.32. The number of hydrogen-bond donors (Lipinski definition) is 0. The molecule has 1 aliphatic rings. The normalized spacial score (nSPS) is 15.0. The second kappa shape index (κ2) is 6.73. The van der Waals surface area contributed by atoms with E-state index in [0.29, 0.717) is 16.5 Å². The van der Waals surface area contributed by atoms with Gasteiger partial charge in [-0.25, -0.2) is 4.98 Å². The minimum Gasteiger partial charge on any atom is -0.339 e. The molecule has 1 unspecified atom stereocenters. The van der Waals surface area contributed by atoms with Crippen molar-refractivity contribution in [1.29, 1.82) is 0 Å². The van der Waals surface area contributed by atoms with Crippen molar-refractivity contribution >= 4 is 28.4 Å². The summed E-state index contributed by atoms with van der Waals surface area (Å²) in [6, 6.07) is 17.5. The minimum absolute atomic E-state index is 0.0539. The van der Waals surface area contributed by atoms with E-state index in [9.17, 15) is 4.79 Å². The van der Waals surface area contributed by atoms with E-state index in [0.717, 1.165) is 22.2 Å². The van der Waals surface area contributed by atoms with Gasteiger partial charge >= 0.3 is 0 Å². The number of fused-ring (bicyclic) bond motifs is 1. The monoisotopic (exact) mass is 364 g/mol. The molecule has 2 aromatic carbocycles. The molecular weight excluding hydrogens is 344 g/mol. The van der Waals surface area contributed by atoms with Crippen LogP contribution in [0.15, 0.2) is 54.6 Å². The molecule has 1 atom stereocenters.